The number of ether oxygens (including phenoxy) is 1. The second kappa shape index (κ2) is 4.25. The van der Waals surface area contributed by atoms with Crippen molar-refractivity contribution in [1.29, 1.82) is 0 Å². The second-order valence-corrected chi connectivity index (χ2v) is 4.09. The molecule has 13 heavy (non-hydrogen) atoms. The van der Waals surface area contributed by atoms with Gasteiger partial charge in [0.25, 0.3) is 0 Å². The number of allylic oxidation sites excluding steroid dienone is 1. The quantitative estimate of drug-likeness (QED) is 0.627. The lowest BCUT2D eigenvalue weighted by Gasteiger charge is -2.28. The zero-order valence-electron chi connectivity index (χ0n) is 8.04. The predicted octanol–water partition coefficient (Wildman–Crippen LogP) is 1.88. The Hall–Kier alpha value is -0.340. The highest BCUT2D eigenvalue weighted by atomic mass is 16.5. The molecule has 0 bridgehead atoms. The van der Waals surface area contributed by atoms with Crippen molar-refractivity contribution >= 4 is 0 Å². The van der Waals surface area contributed by atoms with Gasteiger partial charge in [-0.25, -0.2) is 0 Å². The van der Waals surface area contributed by atoms with Gasteiger partial charge in [-0.2, -0.15) is 0 Å². The molecule has 0 aromatic heterocycles. The Bertz CT molecular complexity index is 192. The van der Waals surface area contributed by atoms with E-state index in [4.69, 9.17) is 4.74 Å². The van der Waals surface area contributed by atoms with Crippen LogP contribution in [0.2, 0.25) is 0 Å². The summed E-state index contributed by atoms with van der Waals surface area (Å²) in [5.41, 5.74) is 1.49. The van der Waals surface area contributed by atoms with Crippen molar-refractivity contribution in [2.75, 3.05) is 13.2 Å². The Balaban J connectivity index is 1.97. The summed E-state index contributed by atoms with van der Waals surface area (Å²) in [6.07, 6.45) is 7.52. The lowest BCUT2D eigenvalue weighted by atomic mass is 9.84. The first-order chi connectivity index (χ1) is 6.36. The Kier molecular flexibility index (Phi) is 3.01. The van der Waals surface area contributed by atoms with Crippen molar-refractivity contribution in [3.63, 3.8) is 0 Å². The van der Waals surface area contributed by atoms with Crippen molar-refractivity contribution < 1.29 is 9.84 Å². The third-order valence-corrected chi connectivity index (χ3v) is 3.12. The van der Waals surface area contributed by atoms with Gasteiger partial charge in [-0.1, -0.05) is 11.6 Å². The molecule has 2 aliphatic rings. The molecule has 1 aliphatic heterocycles. The predicted molar refractivity (Wildman–Crippen MR) is 51.5 cm³/mol. The minimum Gasteiger partial charge on any atom is -0.389 e. The summed E-state index contributed by atoms with van der Waals surface area (Å²) < 4.78 is 5.33. The molecule has 1 atom stereocenters. The summed E-state index contributed by atoms with van der Waals surface area (Å²) in [5, 5.41) is 9.50. The maximum atomic E-state index is 9.50. The summed E-state index contributed by atoms with van der Waals surface area (Å²) in [6.45, 7) is 1.80. The van der Waals surface area contributed by atoms with Crippen molar-refractivity contribution in [3.8, 4) is 0 Å². The molecule has 74 valence electrons. The van der Waals surface area contributed by atoms with Crippen LogP contribution in [0.4, 0.5) is 0 Å². The molecule has 0 radical (unpaired) electrons. The lowest BCUT2D eigenvalue weighted by molar-refractivity contribution is 0.0733. The fraction of sp³-hybridized carbons (Fsp3) is 0.818. The van der Waals surface area contributed by atoms with Crippen LogP contribution in [0.15, 0.2) is 11.6 Å². The Morgan fingerprint density at radius 3 is 2.69 bits per heavy atom. The topological polar surface area (TPSA) is 29.5 Å². The summed E-state index contributed by atoms with van der Waals surface area (Å²) >= 11 is 0. The van der Waals surface area contributed by atoms with E-state index in [0.717, 1.165) is 38.9 Å². The van der Waals surface area contributed by atoms with E-state index >= 15 is 0 Å². The van der Waals surface area contributed by atoms with E-state index < -0.39 is 0 Å². The van der Waals surface area contributed by atoms with E-state index in [1.807, 2.05) is 0 Å². The van der Waals surface area contributed by atoms with Gasteiger partial charge >= 0.3 is 0 Å². The van der Waals surface area contributed by atoms with Gasteiger partial charge in [-0.3, -0.25) is 0 Å². The third kappa shape index (κ3) is 2.32. The number of aliphatic hydroxyl groups excluding tert-OH is 1. The van der Waals surface area contributed by atoms with Crippen LogP contribution < -0.4 is 0 Å². The molecule has 1 unspecified atom stereocenters. The average Bonchev–Trinajstić information content (AvgIpc) is 2.19. The molecule has 2 nitrogen and oxygen atoms in total. The van der Waals surface area contributed by atoms with E-state index in [-0.39, 0.29) is 6.10 Å². The maximum Gasteiger partial charge on any atom is 0.0723 e. The van der Waals surface area contributed by atoms with Crippen LogP contribution in [0.3, 0.4) is 0 Å². The largest absolute Gasteiger partial charge is 0.389 e. The Morgan fingerprint density at radius 2 is 2.00 bits per heavy atom. The molecule has 2 heteroatoms. The van der Waals surface area contributed by atoms with Crippen LogP contribution in [0.1, 0.15) is 32.1 Å². The number of hydrogen-bond donors (Lipinski definition) is 1. The molecule has 0 spiro atoms. The Labute approximate surface area is 79.6 Å². The molecular formula is C11H18O2. The van der Waals surface area contributed by atoms with Crippen LogP contribution >= 0.6 is 0 Å². The molecule has 1 aliphatic carbocycles. The van der Waals surface area contributed by atoms with Gasteiger partial charge < -0.3 is 9.84 Å². The highest BCUT2D eigenvalue weighted by Gasteiger charge is 2.21. The van der Waals surface area contributed by atoms with Gasteiger partial charge in [0.1, 0.15) is 0 Å². The van der Waals surface area contributed by atoms with E-state index in [1.54, 1.807) is 0 Å². The number of hydrogen-bond acceptors (Lipinski definition) is 2. The van der Waals surface area contributed by atoms with E-state index in [9.17, 15) is 5.11 Å². The molecule has 0 amide bonds. The van der Waals surface area contributed by atoms with Crippen LogP contribution in [-0.2, 0) is 4.74 Å². The second-order valence-electron chi connectivity index (χ2n) is 4.09. The standard InChI is InChI=1S/C11H18O2/c12-11-3-1-2-10(8-11)9-4-6-13-7-5-9/h8-9,11-12H,1-7H2. The van der Waals surface area contributed by atoms with Crippen LogP contribution in [-0.4, -0.2) is 24.4 Å². The van der Waals surface area contributed by atoms with Gasteiger partial charge in [0.2, 0.25) is 0 Å². The van der Waals surface area contributed by atoms with Crippen molar-refractivity contribution in [2.24, 2.45) is 5.92 Å². The fourth-order valence-corrected chi connectivity index (χ4v) is 2.34. The van der Waals surface area contributed by atoms with E-state index in [1.165, 1.54) is 12.0 Å². The highest BCUT2D eigenvalue weighted by molar-refractivity contribution is 5.12. The highest BCUT2D eigenvalue weighted by Crippen LogP contribution is 2.30. The van der Waals surface area contributed by atoms with E-state index in [0.29, 0.717) is 5.92 Å². The number of aliphatic hydroxyl groups is 1. The van der Waals surface area contributed by atoms with Crippen LogP contribution in [0.5, 0.6) is 0 Å². The Morgan fingerprint density at radius 1 is 1.23 bits per heavy atom. The first-order valence-corrected chi connectivity index (χ1v) is 5.32. The zero-order valence-corrected chi connectivity index (χ0v) is 8.04. The smallest absolute Gasteiger partial charge is 0.0723 e. The van der Waals surface area contributed by atoms with Gasteiger partial charge in [-0.05, 0) is 38.0 Å². The molecule has 2 rings (SSSR count). The number of rotatable bonds is 1. The van der Waals surface area contributed by atoms with Crippen LogP contribution in [0, 0.1) is 5.92 Å². The van der Waals surface area contributed by atoms with Crippen molar-refractivity contribution in [1.82, 2.24) is 0 Å². The minimum atomic E-state index is -0.174. The fourth-order valence-electron chi connectivity index (χ4n) is 2.34. The van der Waals surface area contributed by atoms with E-state index in [2.05, 4.69) is 6.08 Å². The summed E-state index contributed by atoms with van der Waals surface area (Å²) in [6, 6.07) is 0. The summed E-state index contributed by atoms with van der Waals surface area (Å²) in [7, 11) is 0. The maximum absolute atomic E-state index is 9.50. The molecular weight excluding hydrogens is 164 g/mol. The minimum absolute atomic E-state index is 0.174. The summed E-state index contributed by atoms with van der Waals surface area (Å²) in [4.78, 5) is 0. The van der Waals surface area contributed by atoms with Gasteiger partial charge in [0, 0.05) is 13.2 Å². The first-order valence-electron chi connectivity index (χ1n) is 5.32. The molecule has 1 heterocycles. The van der Waals surface area contributed by atoms with Gasteiger partial charge in [-0.15, -0.1) is 0 Å². The molecule has 0 saturated carbocycles. The van der Waals surface area contributed by atoms with Gasteiger partial charge in [0.15, 0.2) is 0 Å². The normalized spacial score (nSPS) is 31.5. The average molecular weight is 182 g/mol. The monoisotopic (exact) mass is 182 g/mol. The van der Waals surface area contributed by atoms with Gasteiger partial charge in [0.05, 0.1) is 6.10 Å². The molecule has 0 aromatic carbocycles. The molecule has 1 saturated heterocycles. The lowest BCUT2D eigenvalue weighted by Crippen LogP contribution is -2.21. The summed E-state index contributed by atoms with van der Waals surface area (Å²) in [5.74, 6) is 0.698. The molecule has 1 fully saturated rings. The molecule has 1 N–H and O–H groups in total. The van der Waals surface area contributed by atoms with Crippen LogP contribution in [0.25, 0.3) is 0 Å². The molecule has 0 aromatic rings. The zero-order chi connectivity index (χ0) is 9.10. The third-order valence-electron chi connectivity index (χ3n) is 3.12. The first kappa shape index (κ1) is 9.22. The van der Waals surface area contributed by atoms with Crippen molar-refractivity contribution in [3.05, 3.63) is 11.6 Å². The van der Waals surface area contributed by atoms with Crippen molar-refractivity contribution in [2.45, 2.75) is 38.2 Å². The SMILES string of the molecule is OC1C=C(C2CCOCC2)CCC1.